The van der Waals surface area contributed by atoms with Crippen LogP contribution in [0.2, 0.25) is 0 Å². The van der Waals surface area contributed by atoms with Crippen LogP contribution in [-0.2, 0) is 5.41 Å². The topological polar surface area (TPSA) is 0 Å². The van der Waals surface area contributed by atoms with Crippen LogP contribution in [-0.4, -0.2) is 0 Å². The molecular formula is C55H38. The first kappa shape index (κ1) is 31.7. The fourth-order valence-electron chi connectivity index (χ4n) is 9.68. The molecular weight excluding hydrogens is 661 g/mol. The molecule has 0 saturated carbocycles. The number of hydrogen-bond acceptors (Lipinski definition) is 0. The van der Waals surface area contributed by atoms with Crippen molar-refractivity contribution in [1.29, 1.82) is 0 Å². The van der Waals surface area contributed by atoms with Gasteiger partial charge < -0.3 is 0 Å². The first-order valence-electron chi connectivity index (χ1n) is 19.4. The lowest BCUT2D eigenvalue weighted by Gasteiger charge is -2.22. The smallest absolute Gasteiger partial charge is 0.0159 e. The van der Waals surface area contributed by atoms with E-state index in [2.05, 4.69) is 208 Å². The van der Waals surface area contributed by atoms with Crippen molar-refractivity contribution in [2.24, 2.45) is 0 Å². The number of fused-ring (bicyclic) bond motifs is 8. The quantitative estimate of drug-likeness (QED) is 0.161. The van der Waals surface area contributed by atoms with Crippen LogP contribution < -0.4 is 0 Å². The van der Waals surface area contributed by atoms with E-state index in [1.54, 1.807) is 0 Å². The van der Waals surface area contributed by atoms with Crippen molar-refractivity contribution in [2.45, 2.75) is 19.3 Å². The third kappa shape index (κ3) is 4.78. The Bertz CT molecular complexity index is 3100. The zero-order valence-electron chi connectivity index (χ0n) is 31.0. The van der Waals surface area contributed by atoms with Crippen molar-refractivity contribution in [2.75, 3.05) is 0 Å². The minimum atomic E-state index is -0.0708. The van der Waals surface area contributed by atoms with Crippen LogP contribution in [0.5, 0.6) is 0 Å². The summed E-state index contributed by atoms with van der Waals surface area (Å²) in [5.41, 5.74) is 15.5. The van der Waals surface area contributed by atoms with Crippen molar-refractivity contribution in [1.82, 2.24) is 0 Å². The van der Waals surface area contributed by atoms with Crippen LogP contribution in [0.1, 0.15) is 25.0 Å². The molecule has 55 heavy (non-hydrogen) atoms. The minimum absolute atomic E-state index is 0.0708. The lowest BCUT2D eigenvalue weighted by Crippen LogP contribution is -2.14. The molecule has 0 heteroatoms. The highest BCUT2D eigenvalue weighted by Gasteiger charge is 2.37. The third-order valence-corrected chi connectivity index (χ3v) is 12.3. The Morgan fingerprint density at radius 1 is 0.273 bits per heavy atom. The predicted octanol–water partition coefficient (Wildman–Crippen LogP) is 15.3. The van der Waals surface area contributed by atoms with Crippen LogP contribution in [0, 0.1) is 0 Å². The Hall–Kier alpha value is -6.76. The summed E-state index contributed by atoms with van der Waals surface area (Å²) < 4.78 is 0. The first-order chi connectivity index (χ1) is 27.1. The second kappa shape index (κ2) is 12.1. The minimum Gasteiger partial charge on any atom is -0.0616 e. The van der Waals surface area contributed by atoms with Gasteiger partial charge in [0.25, 0.3) is 0 Å². The fraction of sp³-hybridized carbons (Fsp3) is 0.0545. The summed E-state index contributed by atoms with van der Waals surface area (Å²) in [6.45, 7) is 4.75. The molecule has 0 amide bonds. The Balaban J connectivity index is 1.08. The van der Waals surface area contributed by atoms with Crippen LogP contribution in [0.25, 0.3) is 98.7 Å². The average Bonchev–Trinajstić information content (AvgIpc) is 3.49. The number of hydrogen-bond donors (Lipinski definition) is 0. The van der Waals surface area contributed by atoms with Crippen molar-refractivity contribution in [3.63, 3.8) is 0 Å². The van der Waals surface area contributed by atoms with E-state index in [1.807, 2.05) is 0 Å². The van der Waals surface area contributed by atoms with E-state index < -0.39 is 0 Å². The van der Waals surface area contributed by atoms with Crippen molar-refractivity contribution < 1.29 is 0 Å². The molecule has 0 spiro atoms. The van der Waals surface area contributed by atoms with E-state index in [0.29, 0.717) is 0 Å². The largest absolute Gasteiger partial charge is 0.0616 e. The van der Waals surface area contributed by atoms with E-state index >= 15 is 0 Å². The molecule has 0 aliphatic heterocycles. The molecule has 0 heterocycles. The Morgan fingerprint density at radius 2 is 0.745 bits per heavy atom. The Labute approximate surface area is 322 Å². The molecule has 0 radical (unpaired) electrons. The van der Waals surface area contributed by atoms with Gasteiger partial charge in [0.2, 0.25) is 0 Å². The maximum atomic E-state index is 2.38. The highest BCUT2D eigenvalue weighted by atomic mass is 14.4. The summed E-state index contributed by atoms with van der Waals surface area (Å²) in [4.78, 5) is 0. The number of rotatable bonds is 4. The van der Waals surface area contributed by atoms with Gasteiger partial charge in [0.15, 0.2) is 0 Å². The molecule has 1 aliphatic carbocycles. The second-order valence-electron chi connectivity index (χ2n) is 15.6. The summed E-state index contributed by atoms with van der Waals surface area (Å²) >= 11 is 0. The Kier molecular flexibility index (Phi) is 7.00. The van der Waals surface area contributed by atoms with Crippen LogP contribution in [0.15, 0.2) is 194 Å². The summed E-state index contributed by atoms with van der Waals surface area (Å²) in [6, 6.07) is 72.1. The SMILES string of the molecule is CC1(C)c2cccc(-c3ccc(-c4c5ccccc5c(-c5cccc(-c6cccc7ccccc67)c5)c5ccccc45)cc3)c2-c2c1ccc1ccccc21. The predicted molar refractivity (Wildman–Crippen MR) is 236 cm³/mol. The van der Waals surface area contributed by atoms with Gasteiger partial charge in [-0.25, -0.2) is 0 Å². The summed E-state index contributed by atoms with van der Waals surface area (Å²) in [5, 5.41) is 10.2. The molecule has 0 nitrogen and oxygen atoms in total. The van der Waals surface area contributed by atoms with E-state index in [4.69, 9.17) is 0 Å². The van der Waals surface area contributed by atoms with E-state index in [1.165, 1.54) is 110 Å². The zero-order valence-corrected chi connectivity index (χ0v) is 31.0. The maximum Gasteiger partial charge on any atom is 0.0159 e. The maximum absolute atomic E-state index is 2.38. The summed E-state index contributed by atoms with van der Waals surface area (Å²) in [5.74, 6) is 0. The van der Waals surface area contributed by atoms with Crippen LogP contribution in [0.4, 0.5) is 0 Å². The summed E-state index contributed by atoms with van der Waals surface area (Å²) in [7, 11) is 0. The van der Waals surface area contributed by atoms with Gasteiger partial charge in [0, 0.05) is 5.41 Å². The molecule has 258 valence electrons. The van der Waals surface area contributed by atoms with Gasteiger partial charge in [0.05, 0.1) is 0 Å². The fourth-order valence-corrected chi connectivity index (χ4v) is 9.68. The standard InChI is InChI=1S/C55H38/c1-55(2)49-27-13-26-44(53(49)54-43-20-6-4-15-36(43)32-33-50(54)55)37-28-30-38(31-29-37)51-45-21-7-9-23-47(45)52(48-24-10-8-22-46(48)51)40-18-11-17-39(34-40)42-25-12-16-35-14-3-5-19-41(35)42/h3-34H,1-2H3. The second-order valence-corrected chi connectivity index (χ2v) is 15.6. The molecule has 0 saturated heterocycles. The molecule has 1 aliphatic rings. The normalized spacial score (nSPS) is 13.1. The highest BCUT2D eigenvalue weighted by molar-refractivity contribution is 6.21. The van der Waals surface area contributed by atoms with E-state index in [0.717, 1.165) is 0 Å². The molecule has 0 unspecified atom stereocenters. The zero-order chi connectivity index (χ0) is 36.7. The molecule has 0 fully saturated rings. The first-order valence-corrected chi connectivity index (χ1v) is 19.4. The van der Waals surface area contributed by atoms with Gasteiger partial charge in [-0.05, 0) is 116 Å². The van der Waals surface area contributed by atoms with Gasteiger partial charge >= 0.3 is 0 Å². The number of benzene rings is 10. The van der Waals surface area contributed by atoms with Gasteiger partial charge in [-0.3, -0.25) is 0 Å². The van der Waals surface area contributed by atoms with E-state index in [-0.39, 0.29) is 5.41 Å². The highest BCUT2D eigenvalue weighted by Crippen LogP contribution is 2.54. The molecule has 0 bridgehead atoms. The third-order valence-electron chi connectivity index (χ3n) is 12.3. The van der Waals surface area contributed by atoms with Crippen molar-refractivity contribution >= 4 is 43.1 Å². The lowest BCUT2D eigenvalue weighted by molar-refractivity contribution is 0.661. The van der Waals surface area contributed by atoms with Crippen LogP contribution >= 0.6 is 0 Å². The van der Waals surface area contributed by atoms with Gasteiger partial charge in [-0.1, -0.05) is 202 Å². The van der Waals surface area contributed by atoms with Crippen molar-refractivity contribution in [3.05, 3.63) is 205 Å². The molecule has 0 aromatic heterocycles. The Morgan fingerprint density at radius 3 is 1.44 bits per heavy atom. The molecule has 10 aromatic carbocycles. The van der Waals surface area contributed by atoms with Crippen molar-refractivity contribution in [3.8, 4) is 55.6 Å². The van der Waals surface area contributed by atoms with E-state index in [9.17, 15) is 0 Å². The molecule has 11 rings (SSSR count). The summed E-state index contributed by atoms with van der Waals surface area (Å²) in [6.07, 6.45) is 0. The molecule has 10 aromatic rings. The van der Waals surface area contributed by atoms with Gasteiger partial charge in [-0.15, -0.1) is 0 Å². The monoisotopic (exact) mass is 698 g/mol. The lowest BCUT2D eigenvalue weighted by atomic mass is 9.81. The molecule has 0 atom stereocenters. The van der Waals surface area contributed by atoms with Gasteiger partial charge in [0.1, 0.15) is 0 Å². The van der Waals surface area contributed by atoms with Gasteiger partial charge in [-0.2, -0.15) is 0 Å². The van der Waals surface area contributed by atoms with Crippen LogP contribution in [0.3, 0.4) is 0 Å². The molecule has 0 N–H and O–H groups in total. The average molecular weight is 699 g/mol.